The molecule has 1 aliphatic rings. The van der Waals surface area contributed by atoms with E-state index < -0.39 is 0 Å². The summed E-state index contributed by atoms with van der Waals surface area (Å²) in [4.78, 5) is 31.0. The fourth-order valence-electron chi connectivity index (χ4n) is 3.62. The maximum atomic E-state index is 12.5. The molecule has 6 nitrogen and oxygen atoms in total. The van der Waals surface area contributed by atoms with Gasteiger partial charge in [-0.3, -0.25) is 9.59 Å². The number of pyridine rings is 1. The molecule has 2 heterocycles. The van der Waals surface area contributed by atoms with Gasteiger partial charge in [-0.15, -0.1) is 0 Å². The highest BCUT2D eigenvalue weighted by molar-refractivity contribution is 6.00. The van der Waals surface area contributed by atoms with E-state index in [1.54, 1.807) is 35.0 Å². The van der Waals surface area contributed by atoms with Gasteiger partial charge < -0.3 is 4.90 Å². The third-order valence-electron chi connectivity index (χ3n) is 4.84. The summed E-state index contributed by atoms with van der Waals surface area (Å²) in [5, 5.41) is 4.56. The Balaban J connectivity index is 1.95. The lowest BCUT2D eigenvalue weighted by Crippen LogP contribution is -2.28. The number of hydrogen-bond donors (Lipinski definition) is 0. The SMILES string of the molecule is CCCN(C)C(=O)c1ccc(-n2nc(C)c3c2CC(C)(C)CC3=O)nc1. The van der Waals surface area contributed by atoms with Crippen molar-refractivity contribution in [1.29, 1.82) is 0 Å². The van der Waals surface area contributed by atoms with E-state index in [0.717, 1.165) is 29.8 Å². The second kappa shape index (κ2) is 6.67. The standard InChI is InChI=1S/C20H26N4O2/c1-6-9-23(5)19(26)14-7-8-17(21-12-14)24-15-10-20(3,4)11-16(25)18(15)13(2)22-24/h7-8,12H,6,9-11H2,1-5H3. The third-order valence-corrected chi connectivity index (χ3v) is 4.84. The number of Topliss-reactive ketones (excluding diaryl/α,β-unsaturated/α-hetero) is 1. The largest absolute Gasteiger partial charge is 0.342 e. The average Bonchev–Trinajstić information content (AvgIpc) is 2.90. The molecule has 6 heteroatoms. The number of hydrogen-bond acceptors (Lipinski definition) is 4. The first-order chi connectivity index (χ1) is 12.2. The molecule has 0 atom stereocenters. The smallest absolute Gasteiger partial charge is 0.255 e. The number of aryl methyl sites for hydroxylation is 1. The van der Waals surface area contributed by atoms with Gasteiger partial charge in [-0.25, -0.2) is 9.67 Å². The van der Waals surface area contributed by atoms with Crippen LogP contribution < -0.4 is 0 Å². The van der Waals surface area contributed by atoms with Crippen LogP contribution in [0, 0.1) is 12.3 Å². The second-order valence-electron chi connectivity index (χ2n) is 7.89. The van der Waals surface area contributed by atoms with Crippen LogP contribution in [-0.4, -0.2) is 44.9 Å². The van der Waals surface area contributed by atoms with Crippen molar-refractivity contribution in [3.05, 3.63) is 40.8 Å². The lowest BCUT2D eigenvalue weighted by Gasteiger charge is -2.29. The summed E-state index contributed by atoms with van der Waals surface area (Å²) in [6, 6.07) is 3.57. The summed E-state index contributed by atoms with van der Waals surface area (Å²) in [6.45, 7) is 8.81. The van der Waals surface area contributed by atoms with Crippen LogP contribution in [0.3, 0.4) is 0 Å². The van der Waals surface area contributed by atoms with Crippen LogP contribution in [0.5, 0.6) is 0 Å². The Morgan fingerprint density at radius 3 is 2.65 bits per heavy atom. The summed E-state index contributed by atoms with van der Waals surface area (Å²) < 4.78 is 1.76. The van der Waals surface area contributed by atoms with Crippen molar-refractivity contribution in [3.8, 4) is 5.82 Å². The highest BCUT2D eigenvalue weighted by Gasteiger charge is 2.35. The van der Waals surface area contributed by atoms with Gasteiger partial charge in [-0.05, 0) is 37.3 Å². The van der Waals surface area contributed by atoms with Crippen LogP contribution in [0.15, 0.2) is 18.3 Å². The maximum Gasteiger partial charge on any atom is 0.255 e. The molecule has 0 aliphatic heterocycles. The van der Waals surface area contributed by atoms with Gasteiger partial charge in [-0.1, -0.05) is 20.8 Å². The first-order valence-corrected chi connectivity index (χ1v) is 9.07. The van der Waals surface area contributed by atoms with Crippen molar-refractivity contribution in [1.82, 2.24) is 19.7 Å². The lowest BCUT2D eigenvalue weighted by molar-refractivity contribution is 0.0794. The molecule has 1 aliphatic carbocycles. The van der Waals surface area contributed by atoms with E-state index in [9.17, 15) is 9.59 Å². The zero-order chi connectivity index (χ0) is 19.1. The van der Waals surface area contributed by atoms with Crippen LogP contribution in [0.2, 0.25) is 0 Å². The Labute approximate surface area is 154 Å². The van der Waals surface area contributed by atoms with Crippen LogP contribution in [-0.2, 0) is 6.42 Å². The molecule has 0 unspecified atom stereocenters. The van der Waals surface area contributed by atoms with Gasteiger partial charge in [0.2, 0.25) is 0 Å². The van der Waals surface area contributed by atoms with Crippen LogP contribution >= 0.6 is 0 Å². The summed E-state index contributed by atoms with van der Waals surface area (Å²) in [6.07, 6.45) is 3.81. The Kier molecular flexibility index (Phi) is 4.69. The number of amides is 1. The fraction of sp³-hybridized carbons (Fsp3) is 0.500. The van der Waals surface area contributed by atoms with Gasteiger partial charge in [0.25, 0.3) is 5.91 Å². The normalized spacial score (nSPS) is 15.7. The molecule has 0 saturated carbocycles. The Morgan fingerprint density at radius 1 is 1.31 bits per heavy atom. The molecule has 0 aromatic carbocycles. The maximum absolute atomic E-state index is 12.5. The van der Waals surface area contributed by atoms with Crippen LogP contribution in [0.4, 0.5) is 0 Å². The summed E-state index contributed by atoms with van der Waals surface area (Å²) in [7, 11) is 1.79. The average molecular weight is 354 g/mol. The minimum absolute atomic E-state index is 0.0408. The van der Waals surface area contributed by atoms with Gasteiger partial charge >= 0.3 is 0 Å². The van der Waals surface area contributed by atoms with Gasteiger partial charge in [0.05, 0.1) is 22.5 Å². The highest BCUT2D eigenvalue weighted by Crippen LogP contribution is 2.36. The number of carbonyl (C=O) groups is 2. The predicted octanol–water partition coefficient (Wildman–Crippen LogP) is 3.21. The molecule has 1 amide bonds. The molecule has 0 N–H and O–H groups in total. The van der Waals surface area contributed by atoms with Crippen LogP contribution in [0.25, 0.3) is 5.82 Å². The Hall–Kier alpha value is -2.50. The quantitative estimate of drug-likeness (QED) is 0.845. The molecular weight excluding hydrogens is 328 g/mol. The monoisotopic (exact) mass is 354 g/mol. The number of ketones is 1. The van der Waals surface area contributed by atoms with Gasteiger partial charge in [0, 0.05) is 26.2 Å². The van der Waals surface area contributed by atoms with E-state index >= 15 is 0 Å². The number of carbonyl (C=O) groups excluding carboxylic acids is 2. The van der Waals surface area contributed by atoms with Gasteiger partial charge in [0.1, 0.15) is 0 Å². The second-order valence-corrected chi connectivity index (χ2v) is 7.89. The predicted molar refractivity (Wildman–Crippen MR) is 99.8 cm³/mol. The number of fused-ring (bicyclic) bond motifs is 1. The van der Waals surface area contributed by atoms with E-state index in [-0.39, 0.29) is 17.1 Å². The third kappa shape index (κ3) is 3.28. The summed E-state index contributed by atoms with van der Waals surface area (Å²) in [5.41, 5.74) is 2.85. The first kappa shape index (κ1) is 18.3. The summed E-state index contributed by atoms with van der Waals surface area (Å²) >= 11 is 0. The highest BCUT2D eigenvalue weighted by atomic mass is 16.2. The molecule has 0 spiro atoms. The van der Waals surface area contributed by atoms with Crippen molar-refractivity contribution in [2.45, 2.75) is 47.0 Å². The molecule has 0 radical (unpaired) electrons. The molecular formula is C20H26N4O2. The van der Waals surface area contributed by atoms with E-state index in [1.807, 2.05) is 13.8 Å². The zero-order valence-corrected chi connectivity index (χ0v) is 16.2. The topological polar surface area (TPSA) is 68.1 Å². The molecule has 2 aromatic heterocycles. The molecule has 0 saturated heterocycles. The molecule has 0 bridgehead atoms. The first-order valence-electron chi connectivity index (χ1n) is 9.07. The summed E-state index contributed by atoms with van der Waals surface area (Å²) in [5.74, 6) is 0.739. The van der Waals surface area contributed by atoms with Crippen molar-refractivity contribution < 1.29 is 9.59 Å². The lowest BCUT2D eigenvalue weighted by atomic mass is 9.75. The number of rotatable bonds is 4. The molecule has 2 aromatic rings. The van der Waals surface area contributed by atoms with Gasteiger partial charge in [0.15, 0.2) is 11.6 Å². The van der Waals surface area contributed by atoms with Gasteiger partial charge in [-0.2, -0.15) is 5.10 Å². The number of aromatic nitrogens is 3. The Bertz CT molecular complexity index is 849. The molecule has 0 fully saturated rings. The molecule has 26 heavy (non-hydrogen) atoms. The van der Waals surface area contributed by atoms with E-state index in [1.165, 1.54) is 0 Å². The van der Waals surface area contributed by atoms with Crippen molar-refractivity contribution >= 4 is 11.7 Å². The van der Waals surface area contributed by atoms with Crippen molar-refractivity contribution in [2.75, 3.05) is 13.6 Å². The van der Waals surface area contributed by atoms with Crippen molar-refractivity contribution in [2.24, 2.45) is 5.41 Å². The van der Waals surface area contributed by atoms with E-state index in [2.05, 4.69) is 23.9 Å². The Morgan fingerprint density at radius 2 is 2.04 bits per heavy atom. The zero-order valence-electron chi connectivity index (χ0n) is 16.2. The fourth-order valence-corrected chi connectivity index (χ4v) is 3.62. The minimum atomic E-state index is -0.0902. The van der Waals surface area contributed by atoms with Crippen LogP contribution in [0.1, 0.15) is 65.7 Å². The van der Waals surface area contributed by atoms with E-state index in [4.69, 9.17) is 0 Å². The van der Waals surface area contributed by atoms with Crippen molar-refractivity contribution in [3.63, 3.8) is 0 Å². The minimum Gasteiger partial charge on any atom is -0.342 e. The molecule has 138 valence electrons. The number of nitrogens with zero attached hydrogens (tertiary/aromatic N) is 4. The molecule has 3 rings (SSSR count). The van der Waals surface area contributed by atoms with E-state index in [0.29, 0.717) is 24.3 Å².